The molecule has 1 saturated heterocycles. The molecule has 6 nitrogen and oxygen atoms in total. The maximum absolute atomic E-state index is 11.8. The molecule has 2 heterocycles. The zero-order valence-corrected chi connectivity index (χ0v) is 9.76. The molecule has 2 N–H and O–H groups in total. The van der Waals surface area contributed by atoms with Crippen LogP contribution < -0.4 is 5.32 Å². The molecule has 1 aliphatic rings. The lowest BCUT2D eigenvalue weighted by molar-refractivity contribution is -0.185. The van der Waals surface area contributed by atoms with E-state index in [9.17, 15) is 9.59 Å². The van der Waals surface area contributed by atoms with E-state index < -0.39 is 17.3 Å². The predicted octanol–water partition coefficient (Wildman–Crippen LogP) is -0.159. The molecule has 18 heavy (non-hydrogen) atoms. The van der Waals surface area contributed by atoms with Crippen LogP contribution in [0.4, 0.5) is 0 Å². The number of rotatable bonds is 5. The number of amides is 1. The zero-order chi connectivity index (χ0) is 13.0. The molecule has 0 aromatic carbocycles. The fraction of sp³-hybridized carbons (Fsp3) is 0.417. The third-order valence-corrected chi connectivity index (χ3v) is 2.99. The molecule has 2 rings (SSSR count). The van der Waals surface area contributed by atoms with Crippen molar-refractivity contribution in [2.75, 3.05) is 19.8 Å². The molecule has 0 saturated carbocycles. The molecule has 1 amide bonds. The number of carboxylic acid groups (broad SMARTS) is 1. The fourth-order valence-corrected chi connectivity index (χ4v) is 1.70. The topological polar surface area (TPSA) is 88.5 Å². The monoisotopic (exact) mass is 250 g/mol. The van der Waals surface area contributed by atoms with E-state index in [4.69, 9.17) is 9.84 Å². The van der Waals surface area contributed by atoms with Crippen molar-refractivity contribution in [1.29, 1.82) is 0 Å². The summed E-state index contributed by atoms with van der Waals surface area (Å²) in [4.78, 5) is 26.7. The van der Waals surface area contributed by atoms with Crippen LogP contribution in [0.3, 0.4) is 0 Å². The van der Waals surface area contributed by atoms with E-state index in [0.29, 0.717) is 13.0 Å². The summed E-state index contributed by atoms with van der Waals surface area (Å²) >= 11 is 0. The van der Waals surface area contributed by atoms with Crippen molar-refractivity contribution in [1.82, 2.24) is 10.3 Å². The molecule has 0 unspecified atom stereocenters. The molecule has 1 aromatic rings. The van der Waals surface area contributed by atoms with E-state index >= 15 is 0 Å². The number of hydrogen-bond donors (Lipinski definition) is 2. The second-order valence-corrected chi connectivity index (χ2v) is 4.24. The summed E-state index contributed by atoms with van der Waals surface area (Å²) < 4.78 is 4.84. The Morgan fingerprint density at radius 3 is 2.56 bits per heavy atom. The van der Waals surface area contributed by atoms with E-state index in [2.05, 4.69) is 10.3 Å². The Labute approximate surface area is 104 Å². The minimum atomic E-state index is -1.39. The normalized spacial score (nSPS) is 16.7. The Morgan fingerprint density at radius 2 is 2.06 bits per heavy atom. The summed E-state index contributed by atoms with van der Waals surface area (Å²) in [6.45, 7) is 0.296. The largest absolute Gasteiger partial charge is 0.480 e. The van der Waals surface area contributed by atoms with Crippen LogP contribution in [0, 0.1) is 5.41 Å². The number of nitrogens with zero attached hydrogens (tertiary/aromatic N) is 1. The molecule has 96 valence electrons. The number of hydrogen-bond acceptors (Lipinski definition) is 4. The van der Waals surface area contributed by atoms with Gasteiger partial charge in [0, 0.05) is 18.9 Å². The average molecular weight is 250 g/mol. The molecule has 0 aliphatic carbocycles. The quantitative estimate of drug-likeness (QED) is 0.709. The van der Waals surface area contributed by atoms with Gasteiger partial charge in [-0.05, 0) is 24.1 Å². The third kappa shape index (κ3) is 2.33. The molecule has 1 aliphatic heterocycles. The highest BCUT2D eigenvalue weighted by Gasteiger charge is 2.53. The number of carbonyl (C=O) groups is 2. The van der Waals surface area contributed by atoms with Crippen LogP contribution in [0.2, 0.25) is 0 Å². The van der Waals surface area contributed by atoms with Crippen molar-refractivity contribution < 1.29 is 19.4 Å². The summed E-state index contributed by atoms with van der Waals surface area (Å²) in [5.74, 6) is -1.61. The van der Waals surface area contributed by atoms with Gasteiger partial charge in [0.25, 0.3) is 0 Å². The molecule has 1 aromatic heterocycles. The molecule has 0 spiro atoms. The van der Waals surface area contributed by atoms with Gasteiger partial charge < -0.3 is 15.2 Å². The first-order chi connectivity index (χ1) is 8.65. The minimum Gasteiger partial charge on any atom is -0.480 e. The lowest BCUT2D eigenvalue weighted by Gasteiger charge is -2.35. The SMILES string of the molecule is O=C(O)C1(C(=O)NCCc2ccncc2)COC1. The molecule has 0 atom stereocenters. The summed E-state index contributed by atoms with van der Waals surface area (Å²) in [5.41, 5.74) is -0.349. The Morgan fingerprint density at radius 1 is 1.39 bits per heavy atom. The number of pyridine rings is 1. The minimum absolute atomic E-state index is 0.0522. The van der Waals surface area contributed by atoms with E-state index in [-0.39, 0.29) is 13.2 Å². The number of carboxylic acids is 1. The van der Waals surface area contributed by atoms with E-state index in [1.165, 1.54) is 0 Å². The summed E-state index contributed by atoms with van der Waals surface area (Å²) in [7, 11) is 0. The number of aromatic nitrogens is 1. The molecule has 0 bridgehead atoms. The van der Waals surface area contributed by atoms with Gasteiger partial charge in [0.15, 0.2) is 5.41 Å². The Balaban J connectivity index is 1.84. The van der Waals surface area contributed by atoms with Gasteiger partial charge in [-0.15, -0.1) is 0 Å². The standard InChI is InChI=1S/C12H14N2O4/c15-10(12(11(16)17)7-18-8-12)14-6-3-9-1-4-13-5-2-9/h1-2,4-5H,3,6-8H2,(H,14,15)(H,16,17). The molecule has 6 heteroatoms. The lowest BCUT2D eigenvalue weighted by atomic mass is 9.85. The van der Waals surface area contributed by atoms with Crippen molar-refractivity contribution >= 4 is 11.9 Å². The van der Waals surface area contributed by atoms with Gasteiger partial charge in [-0.1, -0.05) is 0 Å². The number of ether oxygens (including phenoxy) is 1. The average Bonchev–Trinajstić information content (AvgIpc) is 2.28. The van der Waals surface area contributed by atoms with Crippen LogP contribution in [0.5, 0.6) is 0 Å². The van der Waals surface area contributed by atoms with Crippen LogP contribution in [0.25, 0.3) is 0 Å². The van der Waals surface area contributed by atoms with Gasteiger partial charge in [0.1, 0.15) is 0 Å². The Kier molecular flexibility index (Phi) is 3.57. The molecular weight excluding hydrogens is 236 g/mol. The number of aliphatic carboxylic acids is 1. The smallest absolute Gasteiger partial charge is 0.324 e. The molecule has 0 radical (unpaired) electrons. The first-order valence-electron chi connectivity index (χ1n) is 5.63. The molecule has 1 fully saturated rings. The van der Waals surface area contributed by atoms with Crippen LogP contribution in [-0.2, 0) is 20.7 Å². The van der Waals surface area contributed by atoms with Gasteiger partial charge in [-0.2, -0.15) is 0 Å². The van der Waals surface area contributed by atoms with Gasteiger partial charge in [0.05, 0.1) is 13.2 Å². The van der Waals surface area contributed by atoms with E-state index in [0.717, 1.165) is 5.56 Å². The van der Waals surface area contributed by atoms with Crippen LogP contribution in [-0.4, -0.2) is 41.7 Å². The highest BCUT2D eigenvalue weighted by atomic mass is 16.5. The van der Waals surface area contributed by atoms with Crippen molar-refractivity contribution in [2.24, 2.45) is 5.41 Å². The number of carbonyl (C=O) groups excluding carboxylic acids is 1. The summed E-state index contributed by atoms with van der Waals surface area (Å²) in [6, 6.07) is 3.71. The van der Waals surface area contributed by atoms with Crippen molar-refractivity contribution in [3.05, 3.63) is 30.1 Å². The fourth-order valence-electron chi connectivity index (χ4n) is 1.70. The predicted molar refractivity (Wildman–Crippen MR) is 61.8 cm³/mol. The first-order valence-corrected chi connectivity index (χ1v) is 5.63. The van der Waals surface area contributed by atoms with Gasteiger partial charge in [0.2, 0.25) is 5.91 Å². The maximum atomic E-state index is 11.8. The maximum Gasteiger partial charge on any atom is 0.324 e. The zero-order valence-electron chi connectivity index (χ0n) is 9.76. The van der Waals surface area contributed by atoms with Gasteiger partial charge >= 0.3 is 5.97 Å². The van der Waals surface area contributed by atoms with Gasteiger partial charge in [-0.25, -0.2) is 0 Å². The second-order valence-electron chi connectivity index (χ2n) is 4.24. The third-order valence-electron chi connectivity index (χ3n) is 2.99. The number of nitrogens with one attached hydrogen (secondary N) is 1. The van der Waals surface area contributed by atoms with Crippen LogP contribution >= 0.6 is 0 Å². The van der Waals surface area contributed by atoms with E-state index in [1.807, 2.05) is 12.1 Å². The van der Waals surface area contributed by atoms with Crippen LogP contribution in [0.15, 0.2) is 24.5 Å². The van der Waals surface area contributed by atoms with Crippen LogP contribution in [0.1, 0.15) is 5.56 Å². The van der Waals surface area contributed by atoms with E-state index in [1.54, 1.807) is 12.4 Å². The summed E-state index contributed by atoms with van der Waals surface area (Å²) in [6.07, 6.45) is 4.00. The van der Waals surface area contributed by atoms with Crippen molar-refractivity contribution in [2.45, 2.75) is 6.42 Å². The van der Waals surface area contributed by atoms with Crippen molar-refractivity contribution in [3.8, 4) is 0 Å². The highest BCUT2D eigenvalue weighted by molar-refractivity contribution is 6.03. The highest BCUT2D eigenvalue weighted by Crippen LogP contribution is 2.27. The summed E-state index contributed by atoms with van der Waals surface area (Å²) in [5, 5.41) is 11.7. The first kappa shape index (κ1) is 12.5. The lowest BCUT2D eigenvalue weighted by Crippen LogP contribution is -2.59. The Hall–Kier alpha value is -1.95. The molecular formula is C12H14N2O4. The Bertz CT molecular complexity index is 443. The second kappa shape index (κ2) is 5.14. The van der Waals surface area contributed by atoms with Gasteiger partial charge in [-0.3, -0.25) is 14.6 Å². The van der Waals surface area contributed by atoms with Crippen molar-refractivity contribution in [3.63, 3.8) is 0 Å².